The molecule has 0 saturated heterocycles. The van der Waals surface area contributed by atoms with E-state index in [0.29, 0.717) is 11.4 Å². The van der Waals surface area contributed by atoms with Crippen LogP contribution >= 0.6 is 23.2 Å². The predicted octanol–water partition coefficient (Wildman–Crippen LogP) is 3.42. The summed E-state index contributed by atoms with van der Waals surface area (Å²) in [5, 5.41) is 7.25. The summed E-state index contributed by atoms with van der Waals surface area (Å²) in [5.74, 6) is 0.303. The van der Waals surface area contributed by atoms with E-state index < -0.39 is 0 Å². The summed E-state index contributed by atoms with van der Waals surface area (Å²) in [7, 11) is 0. The van der Waals surface area contributed by atoms with E-state index in [1.165, 1.54) is 12.1 Å². The van der Waals surface area contributed by atoms with Gasteiger partial charge in [0, 0.05) is 17.7 Å². The smallest absolute Gasteiger partial charge is 0.257 e. The van der Waals surface area contributed by atoms with Gasteiger partial charge in [-0.05, 0) is 26.0 Å². The molecule has 2 heterocycles. The van der Waals surface area contributed by atoms with Crippen molar-refractivity contribution in [2.45, 2.75) is 19.9 Å². The quantitative estimate of drug-likeness (QED) is 0.883. The fourth-order valence-corrected chi connectivity index (χ4v) is 2.07. The number of pyridine rings is 1. The number of hydrogen-bond acceptors (Lipinski definition) is 3. The first-order valence-corrected chi connectivity index (χ1v) is 6.41. The van der Waals surface area contributed by atoms with E-state index in [1.807, 2.05) is 13.8 Å². The molecule has 0 bridgehead atoms. The molecular formula is C12H12Cl2N4O. The molecule has 0 aliphatic heterocycles. The highest BCUT2D eigenvalue weighted by molar-refractivity contribution is 6.33. The lowest BCUT2D eigenvalue weighted by molar-refractivity contribution is 0.102. The fraction of sp³-hybridized carbons (Fsp3) is 0.250. The van der Waals surface area contributed by atoms with E-state index >= 15 is 0 Å². The minimum atomic E-state index is -0.311. The molecule has 0 radical (unpaired) electrons. The number of nitrogens with zero attached hydrogens (tertiary/aromatic N) is 3. The molecule has 19 heavy (non-hydrogen) atoms. The number of rotatable bonds is 3. The predicted molar refractivity (Wildman–Crippen MR) is 74.8 cm³/mol. The van der Waals surface area contributed by atoms with Crippen molar-refractivity contribution in [2.75, 3.05) is 5.32 Å². The lowest BCUT2D eigenvalue weighted by atomic mass is 10.2. The molecule has 0 spiro atoms. The number of carbonyl (C=O) groups excluding carboxylic acids is 1. The number of nitrogens with one attached hydrogen (secondary N) is 1. The Morgan fingerprint density at radius 2 is 1.95 bits per heavy atom. The largest absolute Gasteiger partial charge is 0.307 e. The molecule has 0 aromatic carbocycles. The van der Waals surface area contributed by atoms with Crippen molar-refractivity contribution in [1.82, 2.24) is 14.8 Å². The Balaban J connectivity index is 2.23. The summed E-state index contributed by atoms with van der Waals surface area (Å²) >= 11 is 11.5. The van der Waals surface area contributed by atoms with Gasteiger partial charge in [0.15, 0.2) is 0 Å². The third-order valence-electron chi connectivity index (χ3n) is 2.43. The van der Waals surface area contributed by atoms with E-state index in [-0.39, 0.29) is 22.3 Å². The van der Waals surface area contributed by atoms with Crippen molar-refractivity contribution in [3.63, 3.8) is 0 Å². The van der Waals surface area contributed by atoms with E-state index in [0.717, 1.165) is 0 Å². The van der Waals surface area contributed by atoms with Crippen LogP contribution in [-0.4, -0.2) is 20.7 Å². The van der Waals surface area contributed by atoms with Crippen molar-refractivity contribution < 1.29 is 4.79 Å². The molecule has 100 valence electrons. The summed E-state index contributed by atoms with van der Waals surface area (Å²) in [6, 6.07) is 4.79. The number of carbonyl (C=O) groups is 1. The summed E-state index contributed by atoms with van der Waals surface area (Å²) in [6.07, 6.45) is 1.63. The topological polar surface area (TPSA) is 59.8 Å². The number of halogens is 2. The first-order valence-electron chi connectivity index (χ1n) is 5.65. The third-order valence-corrected chi connectivity index (χ3v) is 2.81. The van der Waals surface area contributed by atoms with Crippen molar-refractivity contribution in [2.24, 2.45) is 0 Å². The van der Waals surface area contributed by atoms with Crippen molar-refractivity contribution >= 4 is 34.9 Å². The summed E-state index contributed by atoms with van der Waals surface area (Å²) in [5.41, 5.74) is 0.349. The minimum absolute atomic E-state index is 0.148. The van der Waals surface area contributed by atoms with Crippen molar-refractivity contribution in [3.8, 4) is 0 Å². The van der Waals surface area contributed by atoms with Gasteiger partial charge >= 0.3 is 0 Å². The first-order chi connectivity index (χ1) is 8.97. The number of amides is 1. The Morgan fingerprint density at radius 1 is 1.32 bits per heavy atom. The maximum atomic E-state index is 12.1. The van der Waals surface area contributed by atoms with Crippen LogP contribution in [-0.2, 0) is 0 Å². The molecule has 2 rings (SSSR count). The van der Waals surface area contributed by atoms with E-state index in [9.17, 15) is 4.79 Å². The van der Waals surface area contributed by atoms with Crippen molar-refractivity contribution in [3.05, 3.63) is 40.3 Å². The average Bonchev–Trinajstić information content (AvgIpc) is 2.75. The van der Waals surface area contributed by atoms with Gasteiger partial charge in [0.25, 0.3) is 5.91 Å². The van der Waals surface area contributed by atoms with E-state index in [1.54, 1.807) is 16.9 Å². The number of anilines is 1. The second kappa shape index (κ2) is 5.59. The van der Waals surface area contributed by atoms with Gasteiger partial charge in [-0.3, -0.25) is 4.79 Å². The Morgan fingerprint density at radius 3 is 2.53 bits per heavy atom. The molecule has 0 aliphatic rings. The normalized spacial score (nSPS) is 10.8. The molecule has 1 N–H and O–H groups in total. The minimum Gasteiger partial charge on any atom is -0.307 e. The zero-order chi connectivity index (χ0) is 14.0. The molecule has 5 nitrogen and oxygen atoms in total. The standard InChI is InChI=1S/C12H12Cl2N4O/c1-7(2)18-11(3-4-15-18)17-12(19)8-5-9(13)16-10(14)6-8/h3-7H,1-2H3,(H,17,19). The summed E-state index contributed by atoms with van der Waals surface area (Å²) in [4.78, 5) is 15.9. The van der Waals surface area contributed by atoms with Gasteiger partial charge in [-0.2, -0.15) is 5.10 Å². The third kappa shape index (κ3) is 3.24. The second-order valence-corrected chi connectivity index (χ2v) is 4.98. The molecule has 0 aliphatic carbocycles. The van der Waals surface area contributed by atoms with Crippen LogP contribution in [0.5, 0.6) is 0 Å². The summed E-state index contributed by atoms with van der Waals surface area (Å²) < 4.78 is 1.71. The van der Waals surface area contributed by atoms with Crippen LogP contribution in [0.3, 0.4) is 0 Å². The van der Waals surface area contributed by atoms with Crippen LogP contribution < -0.4 is 5.32 Å². The Bertz CT molecular complexity index is 589. The fourth-order valence-electron chi connectivity index (χ4n) is 1.61. The molecule has 0 fully saturated rings. The lowest BCUT2D eigenvalue weighted by Gasteiger charge is -2.11. The highest BCUT2D eigenvalue weighted by atomic mass is 35.5. The maximum absolute atomic E-state index is 12.1. The molecule has 2 aromatic heterocycles. The molecule has 1 amide bonds. The highest BCUT2D eigenvalue weighted by Gasteiger charge is 2.12. The molecule has 0 atom stereocenters. The van der Waals surface area contributed by atoms with Gasteiger partial charge in [-0.1, -0.05) is 23.2 Å². The van der Waals surface area contributed by atoms with E-state index in [4.69, 9.17) is 23.2 Å². The van der Waals surface area contributed by atoms with Gasteiger partial charge in [0.1, 0.15) is 16.1 Å². The molecule has 7 heteroatoms. The van der Waals surface area contributed by atoms with E-state index in [2.05, 4.69) is 15.4 Å². The monoisotopic (exact) mass is 298 g/mol. The average molecular weight is 299 g/mol. The Labute approximate surface area is 120 Å². The molecule has 0 saturated carbocycles. The lowest BCUT2D eigenvalue weighted by Crippen LogP contribution is -2.16. The van der Waals surface area contributed by atoms with Gasteiger partial charge in [0.2, 0.25) is 0 Å². The van der Waals surface area contributed by atoms with Crippen LogP contribution in [0.15, 0.2) is 24.4 Å². The van der Waals surface area contributed by atoms with Crippen molar-refractivity contribution in [1.29, 1.82) is 0 Å². The van der Waals surface area contributed by atoms with Gasteiger partial charge < -0.3 is 5.32 Å². The van der Waals surface area contributed by atoms with Crippen LogP contribution in [0.4, 0.5) is 5.82 Å². The van der Waals surface area contributed by atoms with Crippen LogP contribution in [0.2, 0.25) is 10.3 Å². The zero-order valence-electron chi connectivity index (χ0n) is 10.4. The van der Waals surface area contributed by atoms with Gasteiger partial charge in [0.05, 0.1) is 6.20 Å². The molecule has 2 aromatic rings. The van der Waals surface area contributed by atoms with Crippen LogP contribution in [0.25, 0.3) is 0 Å². The second-order valence-electron chi connectivity index (χ2n) is 4.21. The van der Waals surface area contributed by atoms with Crippen LogP contribution in [0, 0.1) is 0 Å². The molecule has 0 unspecified atom stereocenters. The Kier molecular flexibility index (Phi) is 4.07. The maximum Gasteiger partial charge on any atom is 0.257 e. The zero-order valence-corrected chi connectivity index (χ0v) is 11.9. The van der Waals surface area contributed by atoms with Gasteiger partial charge in [-0.25, -0.2) is 9.67 Å². The SMILES string of the molecule is CC(C)n1nccc1NC(=O)c1cc(Cl)nc(Cl)c1. The number of hydrogen-bond donors (Lipinski definition) is 1. The number of aromatic nitrogens is 3. The Hall–Kier alpha value is -1.59. The van der Waals surface area contributed by atoms with Gasteiger partial charge in [-0.15, -0.1) is 0 Å². The first kappa shape index (κ1) is 13.8. The summed E-state index contributed by atoms with van der Waals surface area (Å²) in [6.45, 7) is 3.95. The highest BCUT2D eigenvalue weighted by Crippen LogP contribution is 2.18. The molecular weight excluding hydrogens is 287 g/mol. The van der Waals surface area contributed by atoms with Crippen LogP contribution in [0.1, 0.15) is 30.2 Å².